The minimum Gasteiger partial charge on any atom is -0.451 e. The molecule has 0 aliphatic heterocycles. The summed E-state index contributed by atoms with van der Waals surface area (Å²) in [5.74, 6) is -1.63. The Morgan fingerprint density at radius 1 is 1.13 bits per heavy atom. The van der Waals surface area contributed by atoms with Gasteiger partial charge in [-0.05, 0) is 38.8 Å². The molecular weight excluding hydrogens is 384 g/mol. The fourth-order valence-corrected chi connectivity index (χ4v) is 2.96. The lowest BCUT2D eigenvalue weighted by molar-refractivity contribution is -0.156. The number of nitrogens with zero attached hydrogens (tertiary/aromatic N) is 2. The van der Waals surface area contributed by atoms with Crippen molar-refractivity contribution in [1.82, 2.24) is 15.1 Å². The van der Waals surface area contributed by atoms with Gasteiger partial charge in [-0.15, -0.1) is 0 Å². The number of esters is 1. The van der Waals surface area contributed by atoms with Gasteiger partial charge in [0.15, 0.2) is 6.10 Å². The molecule has 0 saturated carbocycles. The molecule has 30 heavy (non-hydrogen) atoms. The molecule has 2 rings (SSSR count). The van der Waals surface area contributed by atoms with E-state index in [0.29, 0.717) is 23.4 Å². The zero-order valence-corrected chi connectivity index (χ0v) is 18.4. The van der Waals surface area contributed by atoms with E-state index in [-0.39, 0.29) is 11.8 Å². The summed E-state index contributed by atoms with van der Waals surface area (Å²) in [4.78, 5) is 37.8. The molecule has 8 heteroatoms. The van der Waals surface area contributed by atoms with E-state index < -0.39 is 24.0 Å². The summed E-state index contributed by atoms with van der Waals surface area (Å²) in [6, 6.07) is 7.79. The second-order valence-electron chi connectivity index (χ2n) is 7.44. The smallest absolute Gasteiger partial charge is 0.329 e. The Balaban J connectivity index is 2.06. The van der Waals surface area contributed by atoms with Gasteiger partial charge in [0.05, 0.1) is 17.1 Å². The molecule has 0 radical (unpaired) electrons. The summed E-state index contributed by atoms with van der Waals surface area (Å²) in [7, 11) is 1.79. The van der Waals surface area contributed by atoms with E-state index in [9.17, 15) is 14.4 Å². The monoisotopic (exact) mass is 414 g/mol. The zero-order valence-electron chi connectivity index (χ0n) is 18.4. The van der Waals surface area contributed by atoms with Crippen molar-refractivity contribution in [2.45, 2.75) is 53.2 Å². The first-order valence-electron chi connectivity index (χ1n) is 10.0. The van der Waals surface area contributed by atoms with Gasteiger partial charge >= 0.3 is 5.97 Å². The maximum atomic E-state index is 12.8. The predicted octanol–water partition coefficient (Wildman–Crippen LogP) is 2.75. The van der Waals surface area contributed by atoms with Crippen molar-refractivity contribution in [3.05, 3.63) is 47.3 Å². The highest BCUT2D eigenvalue weighted by atomic mass is 16.5. The van der Waals surface area contributed by atoms with Gasteiger partial charge in [-0.1, -0.05) is 38.5 Å². The van der Waals surface area contributed by atoms with Crippen LogP contribution in [0, 0.1) is 19.8 Å². The molecule has 2 aromatic rings. The van der Waals surface area contributed by atoms with E-state index in [1.54, 1.807) is 42.9 Å². The number of carbonyl (C=O) groups excluding carboxylic acids is 3. The van der Waals surface area contributed by atoms with Crippen molar-refractivity contribution in [3.8, 4) is 0 Å². The van der Waals surface area contributed by atoms with E-state index in [0.717, 1.165) is 5.69 Å². The van der Waals surface area contributed by atoms with Gasteiger partial charge in [0.25, 0.3) is 11.8 Å². The van der Waals surface area contributed by atoms with Crippen LogP contribution in [0.5, 0.6) is 0 Å². The molecule has 1 aromatic carbocycles. The second kappa shape index (κ2) is 10.0. The van der Waals surface area contributed by atoms with Gasteiger partial charge in [0, 0.05) is 12.6 Å². The molecule has 0 aliphatic rings. The molecule has 2 N–H and O–H groups in total. The van der Waals surface area contributed by atoms with Crippen LogP contribution in [0.1, 0.15) is 48.9 Å². The summed E-state index contributed by atoms with van der Waals surface area (Å²) in [6.45, 7) is 8.90. The van der Waals surface area contributed by atoms with Crippen molar-refractivity contribution < 1.29 is 19.1 Å². The highest BCUT2D eigenvalue weighted by molar-refractivity contribution is 5.98. The molecule has 0 unspecified atom stereocenters. The van der Waals surface area contributed by atoms with Gasteiger partial charge in [-0.2, -0.15) is 5.10 Å². The maximum Gasteiger partial charge on any atom is 0.329 e. The molecule has 0 fully saturated rings. The molecular formula is C22H30N4O4. The van der Waals surface area contributed by atoms with Crippen molar-refractivity contribution >= 4 is 23.5 Å². The SMILES string of the molecule is CC[C@H](C)[C@H](NC(=O)c1ccccc1)C(=O)O[C@H](C)C(=O)Nc1c(C)nn(C)c1C. The van der Waals surface area contributed by atoms with Crippen LogP contribution in [0.25, 0.3) is 0 Å². The molecule has 0 spiro atoms. The average molecular weight is 415 g/mol. The normalized spacial score (nSPS) is 13.8. The molecule has 2 amide bonds. The first-order chi connectivity index (χ1) is 14.1. The van der Waals surface area contributed by atoms with E-state index >= 15 is 0 Å². The van der Waals surface area contributed by atoms with Crippen LogP contribution < -0.4 is 10.6 Å². The topological polar surface area (TPSA) is 102 Å². The van der Waals surface area contributed by atoms with Gasteiger partial charge < -0.3 is 15.4 Å². The first kappa shape index (κ1) is 23.1. The Bertz CT molecular complexity index is 907. The molecule has 0 bridgehead atoms. The number of aromatic nitrogens is 2. The molecule has 0 aliphatic carbocycles. The van der Waals surface area contributed by atoms with E-state index in [1.807, 2.05) is 26.8 Å². The Morgan fingerprint density at radius 3 is 2.30 bits per heavy atom. The second-order valence-corrected chi connectivity index (χ2v) is 7.44. The van der Waals surface area contributed by atoms with Gasteiger partial charge in [-0.25, -0.2) is 4.79 Å². The van der Waals surface area contributed by atoms with Crippen LogP contribution in [0.15, 0.2) is 30.3 Å². The molecule has 3 atom stereocenters. The van der Waals surface area contributed by atoms with Crippen molar-refractivity contribution in [2.75, 3.05) is 5.32 Å². The third kappa shape index (κ3) is 5.46. The largest absolute Gasteiger partial charge is 0.451 e. The number of aryl methyl sites for hydroxylation is 2. The fourth-order valence-electron chi connectivity index (χ4n) is 2.96. The van der Waals surface area contributed by atoms with Crippen LogP contribution in [-0.4, -0.2) is 39.7 Å². The van der Waals surface area contributed by atoms with Crippen molar-refractivity contribution in [3.63, 3.8) is 0 Å². The number of rotatable bonds is 8. The number of anilines is 1. The van der Waals surface area contributed by atoms with E-state index in [2.05, 4.69) is 15.7 Å². The Hall–Kier alpha value is -3.16. The third-order valence-electron chi connectivity index (χ3n) is 5.21. The molecule has 1 heterocycles. The first-order valence-corrected chi connectivity index (χ1v) is 10.0. The number of benzene rings is 1. The van der Waals surface area contributed by atoms with Crippen LogP contribution in [0.2, 0.25) is 0 Å². The van der Waals surface area contributed by atoms with Crippen LogP contribution in [0.4, 0.5) is 5.69 Å². The predicted molar refractivity (Wildman–Crippen MR) is 114 cm³/mol. The Labute approximate surface area is 177 Å². The van der Waals surface area contributed by atoms with Crippen molar-refractivity contribution in [2.24, 2.45) is 13.0 Å². The lowest BCUT2D eigenvalue weighted by Gasteiger charge is -2.24. The minimum atomic E-state index is -1.03. The number of carbonyl (C=O) groups is 3. The Morgan fingerprint density at radius 2 is 1.77 bits per heavy atom. The number of ether oxygens (including phenoxy) is 1. The van der Waals surface area contributed by atoms with Gasteiger partial charge in [0.1, 0.15) is 6.04 Å². The highest BCUT2D eigenvalue weighted by Gasteiger charge is 2.31. The molecule has 162 valence electrons. The number of hydrogen-bond acceptors (Lipinski definition) is 5. The van der Waals surface area contributed by atoms with Gasteiger partial charge in [0.2, 0.25) is 0 Å². The third-order valence-corrected chi connectivity index (χ3v) is 5.21. The van der Waals surface area contributed by atoms with E-state index in [4.69, 9.17) is 4.74 Å². The number of amides is 2. The highest BCUT2D eigenvalue weighted by Crippen LogP contribution is 2.19. The minimum absolute atomic E-state index is 0.164. The summed E-state index contributed by atoms with van der Waals surface area (Å²) < 4.78 is 7.07. The molecule has 1 aromatic heterocycles. The standard InChI is InChI=1S/C22H30N4O4/c1-7-13(2)18(23-21(28)17-11-9-8-10-12-17)22(29)30-16(5)20(27)24-19-14(3)25-26(6)15(19)4/h8-13,16,18H,7H2,1-6H3,(H,23,28)(H,24,27)/t13-,16+,18-/m0/s1. The summed E-state index contributed by atoms with van der Waals surface area (Å²) in [6.07, 6.45) is -0.375. The summed E-state index contributed by atoms with van der Waals surface area (Å²) in [5, 5.41) is 9.76. The molecule has 0 saturated heterocycles. The van der Waals surface area contributed by atoms with Crippen LogP contribution in [-0.2, 0) is 21.4 Å². The fraction of sp³-hybridized carbons (Fsp3) is 0.455. The van der Waals surface area contributed by atoms with Gasteiger partial charge in [-0.3, -0.25) is 14.3 Å². The lowest BCUT2D eigenvalue weighted by atomic mass is 9.98. The lowest BCUT2D eigenvalue weighted by Crippen LogP contribution is -2.47. The summed E-state index contributed by atoms with van der Waals surface area (Å²) >= 11 is 0. The van der Waals surface area contributed by atoms with Crippen LogP contribution in [0.3, 0.4) is 0 Å². The van der Waals surface area contributed by atoms with Crippen LogP contribution >= 0.6 is 0 Å². The summed E-state index contributed by atoms with van der Waals surface area (Å²) in [5.41, 5.74) is 2.52. The zero-order chi connectivity index (χ0) is 22.4. The maximum absolute atomic E-state index is 12.8. The Kier molecular flexibility index (Phi) is 7.74. The number of hydrogen-bond donors (Lipinski definition) is 2. The average Bonchev–Trinajstić information content (AvgIpc) is 2.97. The quantitative estimate of drug-likeness (QED) is 0.647. The van der Waals surface area contributed by atoms with E-state index in [1.165, 1.54) is 6.92 Å². The molecule has 8 nitrogen and oxygen atoms in total. The number of nitrogens with one attached hydrogen (secondary N) is 2. The van der Waals surface area contributed by atoms with Crippen molar-refractivity contribution in [1.29, 1.82) is 0 Å².